The summed E-state index contributed by atoms with van der Waals surface area (Å²) in [5.74, 6) is 0.700. The lowest BCUT2D eigenvalue weighted by molar-refractivity contribution is 0.201. The van der Waals surface area contributed by atoms with Crippen molar-refractivity contribution in [2.75, 3.05) is 12.4 Å². The van der Waals surface area contributed by atoms with Crippen molar-refractivity contribution < 1.29 is 4.79 Å². The maximum Gasteiger partial charge on any atom is 0.321 e. The molecule has 0 saturated heterocycles. The second kappa shape index (κ2) is 4.56. The number of hydrogen-bond donors (Lipinski definition) is 1. The molecular formula is C13H18N2O. The fourth-order valence-electron chi connectivity index (χ4n) is 1.81. The molecule has 0 heterocycles. The van der Waals surface area contributed by atoms with Crippen molar-refractivity contribution in [3.8, 4) is 0 Å². The zero-order valence-corrected chi connectivity index (χ0v) is 9.81. The van der Waals surface area contributed by atoms with Gasteiger partial charge in [0.15, 0.2) is 0 Å². The molecule has 3 nitrogen and oxygen atoms in total. The highest BCUT2D eigenvalue weighted by atomic mass is 16.2. The van der Waals surface area contributed by atoms with E-state index < -0.39 is 0 Å². The Morgan fingerprint density at radius 2 is 2.00 bits per heavy atom. The second-order valence-corrected chi connectivity index (χ2v) is 4.49. The van der Waals surface area contributed by atoms with Gasteiger partial charge in [0.2, 0.25) is 0 Å². The summed E-state index contributed by atoms with van der Waals surface area (Å²) in [6.45, 7) is 2.11. The van der Waals surface area contributed by atoms with Gasteiger partial charge in [-0.2, -0.15) is 0 Å². The molecule has 16 heavy (non-hydrogen) atoms. The number of nitrogens with one attached hydrogen (secondary N) is 1. The molecule has 2 rings (SSSR count). The Bertz CT molecular complexity index is 359. The van der Waals surface area contributed by atoms with Crippen LogP contribution in [0.3, 0.4) is 0 Å². The maximum atomic E-state index is 11.9. The molecule has 0 aromatic heterocycles. The molecule has 3 heteroatoms. The van der Waals surface area contributed by atoms with Crippen LogP contribution in [-0.2, 0) is 0 Å². The third-order valence-corrected chi connectivity index (χ3v) is 3.26. The molecule has 1 atom stereocenters. The smallest absolute Gasteiger partial charge is 0.321 e. The van der Waals surface area contributed by atoms with E-state index >= 15 is 0 Å². The zero-order chi connectivity index (χ0) is 11.5. The van der Waals surface area contributed by atoms with Crippen LogP contribution in [0, 0.1) is 5.92 Å². The van der Waals surface area contributed by atoms with Gasteiger partial charge in [-0.1, -0.05) is 18.2 Å². The van der Waals surface area contributed by atoms with Crippen LogP contribution in [0.25, 0.3) is 0 Å². The largest absolute Gasteiger partial charge is 0.325 e. The van der Waals surface area contributed by atoms with Crippen LogP contribution in [0.15, 0.2) is 30.3 Å². The summed E-state index contributed by atoms with van der Waals surface area (Å²) in [6, 6.07) is 9.88. The summed E-state index contributed by atoms with van der Waals surface area (Å²) in [4.78, 5) is 13.7. The van der Waals surface area contributed by atoms with E-state index in [9.17, 15) is 4.79 Å². The van der Waals surface area contributed by atoms with Crippen molar-refractivity contribution in [1.82, 2.24) is 4.90 Å². The third kappa shape index (κ3) is 2.54. The van der Waals surface area contributed by atoms with Gasteiger partial charge in [0.05, 0.1) is 0 Å². The van der Waals surface area contributed by atoms with Crippen molar-refractivity contribution in [3.05, 3.63) is 30.3 Å². The first-order chi connectivity index (χ1) is 7.68. The fourth-order valence-corrected chi connectivity index (χ4v) is 1.81. The van der Waals surface area contributed by atoms with Gasteiger partial charge in [0, 0.05) is 18.8 Å². The molecule has 1 fully saturated rings. The van der Waals surface area contributed by atoms with E-state index in [1.807, 2.05) is 37.4 Å². The summed E-state index contributed by atoms with van der Waals surface area (Å²) in [5.41, 5.74) is 0.849. The van der Waals surface area contributed by atoms with Crippen molar-refractivity contribution >= 4 is 11.7 Å². The topological polar surface area (TPSA) is 32.3 Å². The molecule has 0 radical (unpaired) electrons. The minimum atomic E-state index is -0.0226. The predicted molar refractivity (Wildman–Crippen MR) is 65.4 cm³/mol. The number of anilines is 1. The number of rotatable bonds is 3. The summed E-state index contributed by atoms with van der Waals surface area (Å²) < 4.78 is 0. The van der Waals surface area contributed by atoms with Crippen LogP contribution in [0.1, 0.15) is 19.8 Å². The molecular weight excluding hydrogens is 200 g/mol. The Balaban J connectivity index is 1.92. The van der Waals surface area contributed by atoms with E-state index in [4.69, 9.17) is 0 Å². The molecule has 1 saturated carbocycles. The molecule has 1 aliphatic rings. The lowest BCUT2D eigenvalue weighted by atomic mass is 10.2. The van der Waals surface area contributed by atoms with Crippen molar-refractivity contribution in [1.29, 1.82) is 0 Å². The van der Waals surface area contributed by atoms with E-state index in [2.05, 4.69) is 12.2 Å². The highest BCUT2D eigenvalue weighted by molar-refractivity contribution is 5.89. The monoisotopic (exact) mass is 218 g/mol. The van der Waals surface area contributed by atoms with Crippen molar-refractivity contribution in [3.63, 3.8) is 0 Å². The van der Waals surface area contributed by atoms with Gasteiger partial charge < -0.3 is 10.2 Å². The normalized spacial score (nSPS) is 16.6. The lowest BCUT2D eigenvalue weighted by Crippen LogP contribution is -2.39. The third-order valence-electron chi connectivity index (χ3n) is 3.26. The van der Waals surface area contributed by atoms with Gasteiger partial charge in [-0.05, 0) is 37.8 Å². The number of urea groups is 1. The zero-order valence-electron chi connectivity index (χ0n) is 9.81. The van der Waals surface area contributed by atoms with E-state index in [0.29, 0.717) is 12.0 Å². The predicted octanol–water partition coefficient (Wildman–Crippen LogP) is 2.95. The number of benzene rings is 1. The van der Waals surface area contributed by atoms with E-state index in [1.54, 1.807) is 4.90 Å². The first kappa shape index (κ1) is 11.0. The minimum Gasteiger partial charge on any atom is -0.325 e. The Labute approximate surface area is 96.5 Å². The molecule has 0 bridgehead atoms. The summed E-state index contributed by atoms with van der Waals surface area (Å²) >= 11 is 0. The van der Waals surface area contributed by atoms with Crippen LogP contribution < -0.4 is 5.32 Å². The lowest BCUT2D eigenvalue weighted by Gasteiger charge is -2.25. The SMILES string of the molecule is C[C@H](C1CC1)N(C)C(=O)Nc1ccccc1. The Hall–Kier alpha value is -1.51. The first-order valence-electron chi connectivity index (χ1n) is 5.77. The molecule has 0 aliphatic heterocycles. The number of carbonyl (C=O) groups is 1. The molecule has 86 valence electrons. The molecule has 0 spiro atoms. The van der Waals surface area contributed by atoms with Crippen molar-refractivity contribution in [2.45, 2.75) is 25.8 Å². The summed E-state index contributed by atoms with van der Waals surface area (Å²) in [5, 5.41) is 2.89. The van der Waals surface area contributed by atoms with Gasteiger partial charge in [-0.25, -0.2) is 4.79 Å². The fraction of sp³-hybridized carbons (Fsp3) is 0.462. The van der Waals surface area contributed by atoms with E-state index in [-0.39, 0.29) is 6.03 Å². The molecule has 1 N–H and O–H groups in total. The van der Waals surface area contributed by atoms with E-state index in [1.165, 1.54) is 12.8 Å². The maximum absolute atomic E-state index is 11.9. The van der Waals surface area contributed by atoms with Crippen LogP contribution in [-0.4, -0.2) is 24.0 Å². The Morgan fingerprint density at radius 1 is 1.38 bits per heavy atom. The van der Waals surface area contributed by atoms with Crippen molar-refractivity contribution in [2.24, 2.45) is 5.92 Å². The van der Waals surface area contributed by atoms with Gasteiger partial charge in [-0.15, -0.1) is 0 Å². The van der Waals surface area contributed by atoms with Gasteiger partial charge in [0.25, 0.3) is 0 Å². The molecule has 1 aromatic rings. The summed E-state index contributed by atoms with van der Waals surface area (Å²) in [7, 11) is 1.86. The number of hydrogen-bond acceptors (Lipinski definition) is 1. The number of para-hydroxylation sites is 1. The molecule has 1 aliphatic carbocycles. The van der Waals surface area contributed by atoms with Gasteiger partial charge in [0.1, 0.15) is 0 Å². The average molecular weight is 218 g/mol. The molecule has 0 unspecified atom stereocenters. The van der Waals surface area contributed by atoms with Crippen LogP contribution in [0.4, 0.5) is 10.5 Å². The number of amides is 2. The van der Waals surface area contributed by atoms with Crippen LogP contribution >= 0.6 is 0 Å². The first-order valence-corrected chi connectivity index (χ1v) is 5.77. The van der Waals surface area contributed by atoms with Crippen LogP contribution in [0.2, 0.25) is 0 Å². The highest BCUT2D eigenvalue weighted by Gasteiger charge is 2.32. The molecule has 1 aromatic carbocycles. The quantitative estimate of drug-likeness (QED) is 0.831. The summed E-state index contributed by atoms with van der Waals surface area (Å²) in [6.07, 6.45) is 2.51. The standard InChI is InChI=1S/C13H18N2O/c1-10(11-8-9-11)15(2)13(16)14-12-6-4-3-5-7-12/h3-7,10-11H,8-9H2,1-2H3,(H,14,16)/t10-/m1/s1. The second-order valence-electron chi connectivity index (χ2n) is 4.49. The average Bonchev–Trinajstić information content (AvgIpc) is 3.12. The van der Waals surface area contributed by atoms with Gasteiger partial charge >= 0.3 is 6.03 Å². The number of nitrogens with zero attached hydrogens (tertiary/aromatic N) is 1. The molecule has 2 amide bonds. The highest BCUT2D eigenvalue weighted by Crippen LogP contribution is 2.34. The number of carbonyl (C=O) groups excluding carboxylic acids is 1. The minimum absolute atomic E-state index is 0.0226. The van der Waals surface area contributed by atoms with Gasteiger partial charge in [-0.3, -0.25) is 0 Å². The Morgan fingerprint density at radius 3 is 2.56 bits per heavy atom. The van der Waals surface area contributed by atoms with Crippen LogP contribution in [0.5, 0.6) is 0 Å². The Kier molecular flexibility index (Phi) is 3.13. The van der Waals surface area contributed by atoms with E-state index in [0.717, 1.165) is 5.69 Å².